The zero-order valence-corrected chi connectivity index (χ0v) is 15.9. The van der Waals surface area contributed by atoms with E-state index in [4.69, 9.17) is 4.42 Å². The fourth-order valence-corrected chi connectivity index (χ4v) is 2.08. The standard InChI is InChI=1S/C17H25N3O.HI/c1-4-5-10-18-17(20-13(2)3)19-12-15-11-14-8-6-7-9-16(14)21-15;/h6-9,11,13H,4-5,10,12H2,1-3H3,(H2,18,19,20);1H. The molecule has 1 aromatic heterocycles. The van der Waals surface area contributed by atoms with Crippen LogP contribution in [-0.4, -0.2) is 18.5 Å². The molecule has 0 radical (unpaired) electrons. The van der Waals surface area contributed by atoms with E-state index >= 15 is 0 Å². The van der Waals surface area contributed by atoms with Crippen molar-refractivity contribution in [1.29, 1.82) is 0 Å². The molecule has 2 rings (SSSR count). The number of para-hydroxylation sites is 1. The number of guanidine groups is 1. The van der Waals surface area contributed by atoms with Gasteiger partial charge >= 0.3 is 0 Å². The van der Waals surface area contributed by atoms with Gasteiger partial charge in [0.15, 0.2) is 5.96 Å². The highest BCUT2D eigenvalue weighted by Crippen LogP contribution is 2.19. The summed E-state index contributed by atoms with van der Waals surface area (Å²) < 4.78 is 5.79. The van der Waals surface area contributed by atoms with Crippen LogP contribution in [0.5, 0.6) is 0 Å². The number of hydrogen-bond acceptors (Lipinski definition) is 2. The fraction of sp³-hybridized carbons (Fsp3) is 0.471. The van der Waals surface area contributed by atoms with E-state index in [1.165, 1.54) is 6.42 Å². The molecule has 22 heavy (non-hydrogen) atoms. The lowest BCUT2D eigenvalue weighted by Crippen LogP contribution is -2.41. The third kappa shape index (κ3) is 5.87. The Kier molecular flexibility index (Phi) is 8.30. The van der Waals surface area contributed by atoms with Crippen LogP contribution in [0.15, 0.2) is 39.7 Å². The lowest BCUT2D eigenvalue weighted by Gasteiger charge is -2.14. The van der Waals surface area contributed by atoms with Crippen LogP contribution in [0.3, 0.4) is 0 Å². The van der Waals surface area contributed by atoms with Crippen molar-refractivity contribution in [3.8, 4) is 0 Å². The molecule has 0 bridgehead atoms. The van der Waals surface area contributed by atoms with Gasteiger partial charge in [-0.25, -0.2) is 4.99 Å². The van der Waals surface area contributed by atoms with Crippen LogP contribution >= 0.6 is 24.0 Å². The summed E-state index contributed by atoms with van der Waals surface area (Å²) in [5, 5.41) is 7.82. The first-order valence-electron chi connectivity index (χ1n) is 7.71. The van der Waals surface area contributed by atoms with Gasteiger partial charge in [0.2, 0.25) is 0 Å². The molecular weight excluding hydrogens is 389 g/mol. The van der Waals surface area contributed by atoms with Crippen LogP contribution in [0.25, 0.3) is 11.0 Å². The van der Waals surface area contributed by atoms with E-state index in [1.54, 1.807) is 0 Å². The molecule has 0 aliphatic heterocycles. The van der Waals surface area contributed by atoms with E-state index in [-0.39, 0.29) is 24.0 Å². The first-order valence-corrected chi connectivity index (χ1v) is 7.71. The van der Waals surface area contributed by atoms with Gasteiger partial charge in [-0.3, -0.25) is 0 Å². The predicted octanol–water partition coefficient (Wildman–Crippen LogP) is 4.29. The number of furan rings is 1. The Labute approximate surface area is 149 Å². The van der Waals surface area contributed by atoms with Gasteiger partial charge in [0, 0.05) is 18.0 Å². The fourth-order valence-electron chi connectivity index (χ4n) is 2.08. The molecule has 0 fully saturated rings. The predicted molar refractivity (Wildman–Crippen MR) is 104 cm³/mol. The number of fused-ring (bicyclic) bond motifs is 1. The highest BCUT2D eigenvalue weighted by molar-refractivity contribution is 14.0. The summed E-state index contributed by atoms with van der Waals surface area (Å²) in [4.78, 5) is 4.60. The first-order chi connectivity index (χ1) is 10.2. The molecule has 2 aromatic rings. The Morgan fingerprint density at radius 3 is 2.73 bits per heavy atom. The molecule has 0 atom stereocenters. The highest BCUT2D eigenvalue weighted by Gasteiger charge is 2.04. The van der Waals surface area contributed by atoms with E-state index in [1.807, 2.05) is 18.2 Å². The summed E-state index contributed by atoms with van der Waals surface area (Å²) >= 11 is 0. The van der Waals surface area contributed by atoms with Gasteiger partial charge in [0.05, 0.1) is 0 Å². The van der Waals surface area contributed by atoms with Crippen LogP contribution in [0.2, 0.25) is 0 Å². The van der Waals surface area contributed by atoms with E-state index < -0.39 is 0 Å². The van der Waals surface area contributed by atoms with Gasteiger partial charge in [0.1, 0.15) is 17.9 Å². The maximum Gasteiger partial charge on any atom is 0.191 e. The second-order valence-corrected chi connectivity index (χ2v) is 5.49. The maximum atomic E-state index is 5.79. The average Bonchev–Trinajstić information content (AvgIpc) is 2.87. The minimum atomic E-state index is 0. The molecule has 0 saturated heterocycles. The van der Waals surface area contributed by atoms with Crippen molar-refractivity contribution < 1.29 is 4.42 Å². The summed E-state index contributed by atoms with van der Waals surface area (Å²) in [6.45, 7) is 7.89. The molecule has 0 spiro atoms. The number of halogens is 1. The van der Waals surface area contributed by atoms with Crippen molar-refractivity contribution in [3.63, 3.8) is 0 Å². The van der Waals surface area contributed by atoms with Gasteiger partial charge in [-0.1, -0.05) is 31.5 Å². The molecule has 0 saturated carbocycles. The molecule has 4 nitrogen and oxygen atoms in total. The van der Waals surface area contributed by atoms with Gasteiger partial charge < -0.3 is 15.1 Å². The molecule has 122 valence electrons. The second kappa shape index (κ2) is 9.71. The monoisotopic (exact) mass is 415 g/mol. The third-order valence-electron chi connectivity index (χ3n) is 3.12. The van der Waals surface area contributed by atoms with Gasteiger partial charge in [-0.15, -0.1) is 24.0 Å². The summed E-state index contributed by atoms with van der Waals surface area (Å²) in [6.07, 6.45) is 2.31. The SMILES string of the molecule is CCCCNC(=NCc1cc2ccccc2o1)NC(C)C.I. The number of nitrogens with one attached hydrogen (secondary N) is 2. The Bertz CT molecular complexity index is 559. The summed E-state index contributed by atoms with van der Waals surface area (Å²) in [6, 6.07) is 10.4. The van der Waals surface area contributed by atoms with Crippen molar-refractivity contribution in [2.75, 3.05) is 6.54 Å². The molecule has 2 N–H and O–H groups in total. The van der Waals surface area contributed by atoms with Crippen LogP contribution in [-0.2, 0) is 6.54 Å². The molecule has 0 aliphatic carbocycles. The first kappa shape index (κ1) is 18.8. The summed E-state index contributed by atoms with van der Waals surface area (Å²) in [7, 11) is 0. The summed E-state index contributed by atoms with van der Waals surface area (Å²) in [5.74, 6) is 1.73. The highest BCUT2D eigenvalue weighted by atomic mass is 127. The van der Waals surface area contributed by atoms with Crippen molar-refractivity contribution >= 4 is 40.9 Å². The van der Waals surface area contributed by atoms with E-state index in [0.717, 1.165) is 35.7 Å². The van der Waals surface area contributed by atoms with Crippen molar-refractivity contribution in [2.45, 2.75) is 46.2 Å². The summed E-state index contributed by atoms with van der Waals surface area (Å²) in [5.41, 5.74) is 0.917. The molecule has 0 amide bonds. The Morgan fingerprint density at radius 1 is 1.27 bits per heavy atom. The van der Waals surface area contributed by atoms with Crippen LogP contribution in [0.1, 0.15) is 39.4 Å². The van der Waals surface area contributed by atoms with Crippen LogP contribution in [0.4, 0.5) is 0 Å². The molecule has 5 heteroatoms. The number of aliphatic imine (C=N–C) groups is 1. The number of nitrogens with zero attached hydrogens (tertiary/aromatic N) is 1. The quantitative estimate of drug-likeness (QED) is 0.320. The Balaban J connectivity index is 0.00000242. The van der Waals surface area contributed by atoms with E-state index in [9.17, 15) is 0 Å². The van der Waals surface area contributed by atoms with E-state index in [2.05, 4.69) is 48.5 Å². The van der Waals surface area contributed by atoms with E-state index in [0.29, 0.717) is 12.6 Å². The minimum Gasteiger partial charge on any atom is -0.459 e. The number of unbranched alkanes of at least 4 members (excludes halogenated alkanes) is 1. The number of hydrogen-bond donors (Lipinski definition) is 2. The van der Waals surface area contributed by atoms with Crippen molar-refractivity contribution in [1.82, 2.24) is 10.6 Å². The van der Waals surface area contributed by atoms with Crippen LogP contribution < -0.4 is 10.6 Å². The zero-order chi connectivity index (χ0) is 15.1. The number of rotatable bonds is 6. The molecule has 0 aliphatic rings. The largest absolute Gasteiger partial charge is 0.459 e. The topological polar surface area (TPSA) is 49.6 Å². The third-order valence-corrected chi connectivity index (χ3v) is 3.12. The lowest BCUT2D eigenvalue weighted by molar-refractivity contribution is 0.550. The minimum absolute atomic E-state index is 0. The van der Waals surface area contributed by atoms with Crippen molar-refractivity contribution in [2.24, 2.45) is 4.99 Å². The maximum absolute atomic E-state index is 5.79. The average molecular weight is 415 g/mol. The molecule has 0 unspecified atom stereocenters. The van der Waals surface area contributed by atoms with Crippen LogP contribution in [0, 0.1) is 0 Å². The van der Waals surface area contributed by atoms with Gasteiger partial charge in [-0.2, -0.15) is 0 Å². The lowest BCUT2D eigenvalue weighted by atomic mass is 10.2. The molecular formula is C17H26IN3O. The number of benzene rings is 1. The Hall–Kier alpha value is -1.24. The van der Waals surface area contributed by atoms with Gasteiger partial charge in [0.25, 0.3) is 0 Å². The second-order valence-electron chi connectivity index (χ2n) is 5.49. The normalized spacial score (nSPS) is 11.5. The smallest absolute Gasteiger partial charge is 0.191 e. The molecule has 1 aromatic carbocycles. The van der Waals surface area contributed by atoms with Crippen molar-refractivity contribution in [3.05, 3.63) is 36.1 Å². The molecule has 1 heterocycles. The van der Waals surface area contributed by atoms with Gasteiger partial charge in [-0.05, 0) is 32.4 Å². The Morgan fingerprint density at radius 2 is 2.05 bits per heavy atom. The zero-order valence-electron chi connectivity index (χ0n) is 13.6.